The fourth-order valence-corrected chi connectivity index (χ4v) is 0.693. The van der Waals surface area contributed by atoms with Crippen molar-refractivity contribution in [2.75, 3.05) is 32.9 Å². The number of amides is 1. The lowest BCUT2D eigenvalue weighted by Crippen LogP contribution is -2.38. The van der Waals surface area contributed by atoms with E-state index in [-0.39, 0.29) is 24.5 Å². The summed E-state index contributed by atoms with van der Waals surface area (Å²) in [5.41, 5.74) is 4.90. The Hall–Kier alpha value is -0.650. The highest BCUT2D eigenvalue weighted by Gasteiger charge is 2.17. The molecule has 0 aromatic heterocycles. The average Bonchev–Trinajstić information content (AvgIpc) is 2.16. The Balaban J connectivity index is 3.53. The van der Waals surface area contributed by atoms with Crippen LogP contribution in [0.2, 0.25) is 0 Å². The van der Waals surface area contributed by atoms with E-state index in [1.807, 2.05) is 13.8 Å². The van der Waals surface area contributed by atoms with E-state index < -0.39 is 0 Å². The van der Waals surface area contributed by atoms with Gasteiger partial charge in [-0.15, -0.1) is 0 Å². The molecule has 0 unspecified atom stereocenters. The zero-order valence-corrected chi connectivity index (χ0v) is 8.88. The van der Waals surface area contributed by atoms with Gasteiger partial charge < -0.3 is 20.9 Å². The molecule has 0 aliphatic rings. The van der Waals surface area contributed by atoms with Crippen LogP contribution in [0.1, 0.15) is 13.8 Å². The number of carbonyl (C=O) groups excluding carboxylic acids is 1. The molecular formula is C9H20N2O3. The summed E-state index contributed by atoms with van der Waals surface area (Å²) in [7, 11) is 0. The van der Waals surface area contributed by atoms with Crippen LogP contribution < -0.4 is 11.1 Å². The summed E-state index contributed by atoms with van der Waals surface area (Å²) in [6.07, 6.45) is 0. The monoisotopic (exact) mass is 204 g/mol. The fraction of sp³-hybridized carbons (Fsp3) is 0.889. The van der Waals surface area contributed by atoms with Crippen molar-refractivity contribution in [1.82, 2.24) is 5.32 Å². The normalized spacial score (nSPS) is 11.4. The number of rotatable bonds is 7. The van der Waals surface area contributed by atoms with E-state index in [0.717, 1.165) is 0 Å². The van der Waals surface area contributed by atoms with Gasteiger partial charge in [0, 0.05) is 25.1 Å². The van der Waals surface area contributed by atoms with E-state index in [9.17, 15) is 4.79 Å². The van der Waals surface area contributed by atoms with Crippen LogP contribution in [-0.2, 0) is 9.53 Å². The van der Waals surface area contributed by atoms with Crippen molar-refractivity contribution in [2.24, 2.45) is 11.1 Å². The highest BCUT2D eigenvalue weighted by molar-refractivity contribution is 5.77. The first-order chi connectivity index (χ1) is 6.52. The number of hydrogen-bond donors (Lipinski definition) is 3. The van der Waals surface area contributed by atoms with Gasteiger partial charge in [-0.25, -0.2) is 0 Å². The van der Waals surface area contributed by atoms with E-state index in [1.54, 1.807) is 0 Å². The second kappa shape index (κ2) is 6.75. The summed E-state index contributed by atoms with van der Waals surface area (Å²) in [6, 6.07) is 0. The SMILES string of the molecule is CC(C)(CO)CNC(=O)COCCN. The molecule has 0 rings (SSSR count). The Morgan fingerprint density at radius 1 is 1.57 bits per heavy atom. The third kappa shape index (κ3) is 6.82. The molecule has 0 spiro atoms. The molecule has 0 radical (unpaired) electrons. The predicted octanol–water partition coefficient (Wildman–Crippen LogP) is -0.904. The van der Waals surface area contributed by atoms with Crippen LogP contribution in [0.5, 0.6) is 0 Å². The molecule has 84 valence electrons. The quantitative estimate of drug-likeness (QED) is 0.469. The third-order valence-corrected chi connectivity index (χ3v) is 1.69. The maximum absolute atomic E-state index is 11.1. The van der Waals surface area contributed by atoms with Gasteiger partial charge in [-0.2, -0.15) is 0 Å². The summed E-state index contributed by atoms with van der Waals surface area (Å²) in [6.45, 7) is 5.04. The Bertz CT molecular complexity index is 171. The molecule has 0 saturated heterocycles. The first-order valence-corrected chi connectivity index (χ1v) is 4.67. The molecule has 0 aliphatic carbocycles. The van der Waals surface area contributed by atoms with Crippen molar-refractivity contribution in [1.29, 1.82) is 0 Å². The molecular weight excluding hydrogens is 184 g/mol. The van der Waals surface area contributed by atoms with Crippen molar-refractivity contribution < 1.29 is 14.6 Å². The molecule has 0 bridgehead atoms. The lowest BCUT2D eigenvalue weighted by atomic mass is 9.95. The molecule has 0 heterocycles. The smallest absolute Gasteiger partial charge is 0.246 e. The van der Waals surface area contributed by atoms with Gasteiger partial charge in [-0.05, 0) is 0 Å². The van der Waals surface area contributed by atoms with Crippen LogP contribution in [0.25, 0.3) is 0 Å². The van der Waals surface area contributed by atoms with Crippen molar-refractivity contribution in [2.45, 2.75) is 13.8 Å². The molecule has 0 aromatic carbocycles. The van der Waals surface area contributed by atoms with Gasteiger partial charge in [0.05, 0.1) is 6.61 Å². The first kappa shape index (κ1) is 13.4. The van der Waals surface area contributed by atoms with Crippen molar-refractivity contribution in [3.8, 4) is 0 Å². The third-order valence-electron chi connectivity index (χ3n) is 1.69. The van der Waals surface area contributed by atoms with E-state index in [2.05, 4.69) is 5.32 Å². The maximum atomic E-state index is 11.1. The second-order valence-corrected chi connectivity index (χ2v) is 3.94. The molecule has 0 saturated carbocycles. The molecule has 0 aromatic rings. The van der Waals surface area contributed by atoms with Gasteiger partial charge in [-0.1, -0.05) is 13.8 Å². The number of aliphatic hydroxyl groups is 1. The van der Waals surface area contributed by atoms with E-state index in [4.69, 9.17) is 15.6 Å². The standard InChI is InChI=1S/C9H20N2O3/c1-9(2,7-12)6-11-8(13)5-14-4-3-10/h12H,3-7,10H2,1-2H3,(H,11,13). The highest BCUT2D eigenvalue weighted by atomic mass is 16.5. The first-order valence-electron chi connectivity index (χ1n) is 4.67. The molecule has 14 heavy (non-hydrogen) atoms. The zero-order chi connectivity index (χ0) is 11.0. The number of hydrogen-bond acceptors (Lipinski definition) is 4. The molecule has 4 N–H and O–H groups in total. The van der Waals surface area contributed by atoms with Gasteiger partial charge in [-0.3, -0.25) is 4.79 Å². The van der Waals surface area contributed by atoms with E-state index in [0.29, 0.717) is 19.7 Å². The molecule has 0 atom stereocenters. The predicted molar refractivity (Wildman–Crippen MR) is 53.7 cm³/mol. The van der Waals surface area contributed by atoms with Crippen molar-refractivity contribution >= 4 is 5.91 Å². The van der Waals surface area contributed by atoms with Gasteiger partial charge in [0.2, 0.25) is 5.91 Å². The van der Waals surface area contributed by atoms with Crippen LogP contribution in [0.4, 0.5) is 0 Å². The molecule has 0 aliphatic heterocycles. The summed E-state index contributed by atoms with van der Waals surface area (Å²) in [4.78, 5) is 11.1. The largest absolute Gasteiger partial charge is 0.396 e. The van der Waals surface area contributed by atoms with Gasteiger partial charge in [0.25, 0.3) is 0 Å². The minimum absolute atomic E-state index is 0.0265. The fourth-order valence-electron chi connectivity index (χ4n) is 0.693. The second-order valence-electron chi connectivity index (χ2n) is 3.94. The van der Waals surface area contributed by atoms with Crippen molar-refractivity contribution in [3.63, 3.8) is 0 Å². The lowest BCUT2D eigenvalue weighted by Gasteiger charge is -2.21. The minimum atomic E-state index is -0.288. The topological polar surface area (TPSA) is 84.6 Å². The van der Waals surface area contributed by atoms with Crippen LogP contribution in [0.15, 0.2) is 0 Å². The molecule has 5 nitrogen and oxygen atoms in total. The summed E-state index contributed by atoms with van der Waals surface area (Å²) < 4.78 is 4.94. The van der Waals surface area contributed by atoms with Crippen LogP contribution in [-0.4, -0.2) is 43.9 Å². The molecule has 0 fully saturated rings. The zero-order valence-electron chi connectivity index (χ0n) is 8.88. The van der Waals surface area contributed by atoms with E-state index in [1.165, 1.54) is 0 Å². The molecule has 1 amide bonds. The van der Waals surface area contributed by atoms with Crippen LogP contribution in [0, 0.1) is 5.41 Å². The van der Waals surface area contributed by atoms with Gasteiger partial charge in [0.15, 0.2) is 0 Å². The summed E-state index contributed by atoms with van der Waals surface area (Å²) in [5.74, 6) is -0.181. The number of nitrogens with one attached hydrogen (secondary N) is 1. The van der Waals surface area contributed by atoms with Crippen LogP contribution >= 0.6 is 0 Å². The lowest BCUT2D eigenvalue weighted by molar-refractivity contribution is -0.126. The van der Waals surface area contributed by atoms with E-state index >= 15 is 0 Å². The number of ether oxygens (including phenoxy) is 1. The van der Waals surface area contributed by atoms with Crippen LogP contribution in [0.3, 0.4) is 0 Å². The van der Waals surface area contributed by atoms with Crippen molar-refractivity contribution in [3.05, 3.63) is 0 Å². The maximum Gasteiger partial charge on any atom is 0.246 e. The number of nitrogens with two attached hydrogens (primary N) is 1. The Labute approximate surface area is 84.6 Å². The van der Waals surface area contributed by atoms with Gasteiger partial charge in [0.1, 0.15) is 6.61 Å². The van der Waals surface area contributed by atoms with Gasteiger partial charge >= 0.3 is 0 Å². The Morgan fingerprint density at radius 3 is 2.71 bits per heavy atom. The Kier molecular flexibility index (Phi) is 6.44. The average molecular weight is 204 g/mol. The minimum Gasteiger partial charge on any atom is -0.396 e. The Morgan fingerprint density at radius 2 is 2.21 bits per heavy atom. The number of aliphatic hydroxyl groups excluding tert-OH is 1. The molecule has 5 heteroatoms. The summed E-state index contributed by atoms with van der Waals surface area (Å²) in [5, 5.41) is 11.6. The summed E-state index contributed by atoms with van der Waals surface area (Å²) >= 11 is 0. The number of carbonyl (C=O) groups is 1. The highest BCUT2D eigenvalue weighted by Crippen LogP contribution is 2.10.